The van der Waals surface area contributed by atoms with Crippen LogP contribution in [0.2, 0.25) is 0 Å². The van der Waals surface area contributed by atoms with Crippen molar-refractivity contribution in [1.82, 2.24) is 0 Å². The molecule has 154 valence electrons. The number of esters is 3. The molecule has 0 saturated carbocycles. The van der Waals surface area contributed by atoms with Gasteiger partial charge < -0.3 is 28.8 Å². The number of aliphatic hydroxyl groups is 1. The van der Waals surface area contributed by atoms with Crippen molar-refractivity contribution in [3.63, 3.8) is 0 Å². The Morgan fingerprint density at radius 3 is 1.96 bits per heavy atom. The molecular weight excluding hydrogens is 433 g/mol. The second-order valence-electron chi connectivity index (χ2n) is 5.43. The van der Waals surface area contributed by atoms with E-state index in [9.17, 15) is 19.5 Å². The number of nitrogens with one attached hydrogen (secondary N) is 1. The average Bonchev–Trinajstić information content (AvgIpc) is 2.50. The molecule has 1 saturated heterocycles. The molecule has 0 bridgehead atoms. The highest BCUT2D eigenvalue weighted by atomic mass is 35.6. The summed E-state index contributed by atoms with van der Waals surface area (Å²) in [5.41, 5.74) is 0. The molecule has 1 rings (SSSR count). The van der Waals surface area contributed by atoms with Crippen LogP contribution in [0, 0.1) is 5.41 Å². The Labute approximate surface area is 169 Å². The number of aliphatic hydroxyl groups excluding tert-OH is 1. The first-order valence-electron chi connectivity index (χ1n) is 7.46. The maximum absolute atomic E-state index is 11.4. The maximum Gasteiger partial charge on any atom is 0.303 e. The Hall–Kier alpha value is -1.33. The van der Waals surface area contributed by atoms with Crippen molar-refractivity contribution >= 4 is 58.6 Å². The van der Waals surface area contributed by atoms with Crippen molar-refractivity contribution in [1.29, 1.82) is 5.41 Å². The van der Waals surface area contributed by atoms with Gasteiger partial charge in [0.25, 0.3) is 3.79 Å². The Morgan fingerprint density at radius 1 is 1.00 bits per heavy atom. The first-order chi connectivity index (χ1) is 12.3. The minimum atomic E-state index is -2.26. The van der Waals surface area contributed by atoms with E-state index < -0.39 is 64.9 Å². The van der Waals surface area contributed by atoms with Crippen LogP contribution in [-0.4, -0.2) is 70.0 Å². The molecule has 0 spiro atoms. The third-order valence-electron chi connectivity index (χ3n) is 3.16. The summed E-state index contributed by atoms with van der Waals surface area (Å²) in [6, 6.07) is 0. The van der Waals surface area contributed by atoms with Gasteiger partial charge in [0.1, 0.15) is 18.8 Å². The van der Waals surface area contributed by atoms with Crippen LogP contribution in [0.4, 0.5) is 0 Å². The van der Waals surface area contributed by atoms with Gasteiger partial charge in [0.2, 0.25) is 18.3 Å². The van der Waals surface area contributed by atoms with Gasteiger partial charge in [-0.15, -0.1) is 0 Å². The van der Waals surface area contributed by atoms with Crippen molar-refractivity contribution in [2.45, 2.75) is 55.3 Å². The lowest BCUT2D eigenvalue weighted by Gasteiger charge is -2.42. The smallest absolute Gasteiger partial charge is 0.303 e. The Bertz CT molecular complexity index is 595. The molecule has 1 fully saturated rings. The first-order valence-corrected chi connectivity index (χ1v) is 8.60. The first kappa shape index (κ1) is 23.7. The SMILES string of the molecule is CC(=O)OC[C@H]1O[C@H](OC(=N)C(Cl)(Cl)Cl)[C@H](OC(C)=O)[C@@H](OC(C)=O)[C@@H]1O. The second-order valence-corrected chi connectivity index (χ2v) is 7.71. The highest BCUT2D eigenvalue weighted by molar-refractivity contribution is 6.76. The standard InChI is InChI=1S/C14H18Cl3NO9/c1-5(19)23-4-8-9(22)10(24-6(2)20)11(25-7(3)21)12(26-8)27-13(18)14(15,16)17/h8-12,18,22H,4H2,1-3H3/t8-,9-,10+,11-,12-/m1/s1. The Kier molecular flexibility index (Phi) is 8.55. The van der Waals surface area contributed by atoms with E-state index in [1.807, 2.05) is 0 Å². The molecule has 0 aromatic carbocycles. The lowest BCUT2D eigenvalue weighted by molar-refractivity contribution is -0.289. The van der Waals surface area contributed by atoms with E-state index in [2.05, 4.69) is 0 Å². The molecule has 27 heavy (non-hydrogen) atoms. The average molecular weight is 451 g/mol. The van der Waals surface area contributed by atoms with Crippen LogP contribution >= 0.6 is 34.8 Å². The van der Waals surface area contributed by atoms with Crippen molar-refractivity contribution in [2.24, 2.45) is 0 Å². The van der Waals surface area contributed by atoms with Gasteiger partial charge in [-0.1, -0.05) is 34.8 Å². The number of hydrogen-bond acceptors (Lipinski definition) is 10. The fraction of sp³-hybridized carbons (Fsp3) is 0.714. The zero-order chi connectivity index (χ0) is 20.9. The predicted octanol–water partition coefficient (Wildman–Crippen LogP) is 0.863. The van der Waals surface area contributed by atoms with Gasteiger partial charge in [-0.3, -0.25) is 19.8 Å². The van der Waals surface area contributed by atoms with Crippen molar-refractivity contribution in [3.05, 3.63) is 0 Å². The molecular formula is C14H18Cl3NO9. The number of carbonyl (C=O) groups excluding carboxylic acids is 3. The van der Waals surface area contributed by atoms with Gasteiger partial charge in [0.05, 0.1) is 0 Å². The fourth-order valence-corrected chi connectivity index (χ4v) is 2.28. The molecule has 0 aliphatic carbocycles. The van der Waals surface area contributed by atoms with E-state index >= 15 is 0 Å². The molecule has 0 unspecified atom stereocenters. The third-order valence-corrected chi connectivity index (χ3v) is 3.68. The highest BCUT2D eigenvalue weighted by Crippen LogP contribution is 2.32. The van der Waals surface area contributed by atoms with Gasteiger partial charge in [-0.25, -0.2) is 0 Å². The number of alkyl halides is 3. The Morgan fingerprint density at radius 2 is 1.52 bits per heavy atom. The number of halogens is 3. The zero-order valence-electron chi connectivity index (χ0n) is 14.4. The monoisotopic (exact) mass is 449 g/mol. The van der Waals surface area contributed by atoms with E-state index in [0.717, 1.165) is 20.8 Å². The molecule has 0 aromatic heterocycles. The third kappa shape index (κ3) is 7.30. The normalized spacial score (nSPS) is 28.0. The van der Waals surface area contributed by atoms with Crippen molar-refractivity contribution in [2.75, 3.05) is 6.61 Å². The summed E-state index contributed by atoms with van der Waals surface area (Å²) in [5.74, 6) is -3.16. The van der Waals surface area contributed by atoms with Gasteiger partial charge >= 0.3 is 17.9 Å². The zero-order valence-corrected chi connectivity index (χ0v) is 16.7. The summed E-state index contributed by atoms with van der Waals surface area (Å²) in [6.45, 7) is 2.81. The summed E-state index contributed by atoms with van der Waals surface area (Å²) in [7, 11) is 0. The lowest BCUT2D eigenvalue weighted by atomic mass is 9.98. The van der Waals surface area contributed by atoms with Crippen molar-refractivity contribution < 1.29 is 43.2 Å². The number of hydrogen-bond donors (Lipinski definition) is 2. The summed E-state index contributed by atoms with van der Waals surface area (Å²) in [6.07, 6.45) is -7.38. The summed E-state index contributed by atoms with van der Waals surface area (Å²) in [4.78, 5) is 33.8. The number of rotatable bonds is 5. The predicted molar refractivity (Wildman–Crippen MR) is 91.5 cm³/mol. The molecule has 10 nitrogen and oxygen atoms in total. The minimum absolute atomic E-state index is 0.442. The van der Waals surface area contributed by atoms with Crippen LogP contribution in [0.1, 0.15) is 20.8 Å². The van der Waals surface area contributed by atoms with Crippen molar-refractivity contribution in [3.8, 4) is 0 Å². The molecule has 0 aromatic rings. The van der Waals surface area contributed by atoms with Crippen LogP contribution in [0.15, 0.2) is 0 Å². The van der Waals surface area contributed by atoms with Crippen LogP contribution in [0.25, 0.3) is 0 Å². The molecule has 1 aliphatic heterocycles. The molecule has 5 atom stereocenters. The van der Waals surface area contributed by atoms with E-state index in [-0.39, 0.29) is 0 Å². The van der Waals surface area contributed by atoms with E-state index in [1.165, 1.54) is 0 Å². The lowest BCUT2D eigenvalue weighted by Crippen LogP contribution is -2.62. The van der Waals surface area contributed by atoms with E-state index in [1.54, 1.807) is 0 Å². The highest BCUT2D eigenvalue weighted by Gasteiger charge is 2.52. The quantitative estimate of drug-likeness (QED) is 0.205. The van der Waals surface area contributed by atoms with Gasteiger partial charge in [0.15, 0.2) is 6.10 Å². The summed E-state index contributed by atoms with van der Waals surface area (Å²) >= 11 is 16.7. The summed E-state index contributed by atoms with van der Waals surface area (Å²) < 4.78 is 23.1. The molecule has 0 amide bonds. The number of carbonyl (C=O) groups is 3. The van der Waals surface area contributed by atoms with Crippen LogP contribution in [-0.2, 0) is 38.1 Å². The molecule has 2 N–H and O–H groups in total. The molecule has 13 heteroatoms. The van der Waals surface area contributed by atoms with Crippen LogP contribution in [0.3, 0.4) is 0 Å². The topological polar surface area (TPSA) is 141 Å². The van der Waals surface area contributed by atoms with Crippen LogP contribution < -0.4 is 0 Å². The minimum Gasteiger partial charge on any atom is -0.463 e. The van der Waals surface area contributed by atoms with Gasteiger partial charge in [-0.2, -0.15) is 0 Å². The molecule has 1 heterocycles. The second kappa shape index (κ2) is 9.74. The van der Waals surface area contributed by atoms with E-state index in [4.69, 9.17) is 63.9 Å². The maximum atomic E-state index is 11.4. The van der Waals surface area contributed by atoms with E-state index in [0.29, 0.717) is 0 Å². The Balaban J connectivity index is 3.17. The molecule has 1 aliphatic rings. The van der Waals surface area contributed by atoms with Gasteiger partial charge in [-0.05, 0) is 0 Å². The van der Waals surface area contributed by atoms with Gasteiger partial charge in [0, 0.05) is 20.8 Å². The largest absolute Gasteiger partial charge is 0.463 e. The number of ether oxygens (including phenoxy) is 5. The molecule has 0 radical (unpaired) electrons. The van der Waals surface area contributed by atoms with Crippen LogP contribution in [0.5, 0.6) is 0 Å². The summed E-state index contributed by atoms with van der Waals surface area (Å²) in [5, 5.41) is 18.1. The fourth-order valence-electron chi connectivity index (χ4n) is 2.15.